The van der Waals surface area contributed by atoms with Crippen LogP contribution < -0.4 is 5.32 Å². The van der Waals surface area contributed by atoms with Crippen LogP contribution in [0.15, 0.2) is 35.3 Å². The van der Waals surface area contributed by atoms with E-state index in [0.29, 0.717) is 12.0 Å². The minimum absolute atomic E-state index is 0.0119. The van der Waals surface area contributed by atoms with Gasteiger partial charge in [-0.15, -0.1) is 6.58 Å². The van der Waals surface area contributed by atoms with Gasteiger partial charge in [-0.25, -0.2) is 9.18 Å². The first-order chi connectivity index (χ1) is 10.4. The molecule has 0 radical (unpaired) electrons. The van der Waals surface area contributed by atoms with Gasteiger partial charge in [0.25, 0.3) is 0 Å². The largest absolute Gasteiger partial charge is 0.481 e. The van der Waals surface area contributed by atoms with Gasteiger partial charge in [-0.2, -0.15) is 0 Å². The van der Waals surface area contributed by atoms with Gasteiger partial charge in [0.1, 0.15) is 5.82 Å². The number of carboxylic acid groups (broad SMARTS) is 1. The van der Waals surface area contributed by atoms with E-state index in [2.05, 4.69) is 27.8 Å². The number of amides is 2. The Labute approximate surface area is 136 Å². The second-order valence-corrected chi connectivity index (χ2v) is 5.55. The quantitative estimate of drug-likeness (QED) is 0.543. The number of carboxylic acids is 1. The third kappa shape index (κ3) is 6.26. The van der Waals surface area contributed by atoms with Crippen LogP contribution in [0.4, 0.5) is 9.18 Å². The van der Waals surface area contributed by atoms with Crippen LogP contribution in [0.1, 0.15) is 18.4 Å². The van der Waals surface area contributed by atoms with Gasteiger partial charge < -0.3 is 15.3 Å². The maximum atomic E-state index is 13.8. The molecule has 0 saturated heterocycles. The van der Waals surface area contributed by atoms with E-state index in [1.165, 1.54) is 11.0 Å². The Hall–Kier alpha value is -1.89. The number of nitrogens with zero attached hydrogens (tertiary/aromatic N) is 1. The second kappa shape index (κ2) is 9.19. The summed E-state index contributed by atoms with van der Waals surface area (Å²) in [6, 6.07) is 4.15. The molecule has 0 spiro atoms. The maximum Gasteiger partial charge on any atom is 0.317 e. The summed E-state index contributed by atoms with van der Waals surface area (Å²) in [5, 5.41) is 11.2. The normalized spacial score (nSPS) is 10.1. The predicted octanol–water partition coefficient (Wildman–Crippen LogP) is 3.15. The molecule has 0 aromatic heterocycles. The zero-order chi connectivity index (χ0) is 16.5. The fourth-order valence-electron chi connectivity index (χ4n) is 1.79. The molecule has 2 amide bonds. The van der Waals surface area contributed by atoms with Gasteiger partial charge in [0.2, 0.25) is 0 Å². The molecule has 0 aliphatic carbocycles. The number of rotatable bonds is 8. The highest BCUT2D eigenvalue weighted by atomic mass is 79.9. The Morgan fingerprint density at radius 1 is 1.45 bits per heavy atom. The van der Waals surface area contributed by atoms with Crippen LogP contribution in [0.25, 0.3) is 0 Å². The monoisotopic (exact) mass is 372 g/mol. The van der Waals surface area contributed by atoms with Crippen molar-refractivity contribution in [3.8, 4) is 0 Å². The van der Waals surface area contributed by atoms with Crippen molar-refractivity contribution in [2.75, 3.05) is 13.1 Å². The van der Waals surface area contributed by atoms with Crippen molar-refractivity contribution in [3.05, 3.63) is 46.7 Å². The minimum Gasteiger partial charge on any atom is -0.481 e. The van der Waals surface area contributed by atoms with Gasteiger partial charge in [-0.1, -0.05) is 22.0 Å². The molecule has 7 heteroatoms. The molecule has 0 aliphatic rings. The summed E-state index contributed by atoms with van der Waals surface area (Å²) in [4.78, 5) is 23.9. The number of benzene rings is 1. The van der Waals surface area contributed by atoms with E-state index in [0.717, 1.165) is 4.47 Å². The first-order valence-corrected chi connectivity index (χ1v) is 7.52. The van der Waals surface area contributed by atoms with E-state index in [1.807, 2.05) is 0 Å². The number of nitrogens with one attached hydrogen (secondary N) is 1. The van der Waals surface area contributed by atoms with Crippen molar-refractivity contribution in [2.24, 2.45) is 0 Å². The highest BCUT2D eigenvalue weighted by Gasteiger charge is 2.14. The molecule has 0 heterocycles. The topological polar surface area (TPSA) is 69.6 Å². The average molecular weight is 373 g/mol. The SMILES string of the molecule is C=CCN(Cc1cc(Br)ccc1F)C(=O)NCCCC(=O)O. The number of hydrogen-bond donors (Lipinski definition) is 2. The molecule has 2 N–H and O–H groups in total. The Balaban J connectivity index is 2.63. The molecule has 0 saturated carbocycles. The van der Waals surface area contributed by atoms with E-state index in [1.54, 1.807) is 18.2 Å². The third-order valence-electron chi connectivity index (χ3n) is 2.85. The van der Waals surface area contributed by atoms with Crippen LogP contribution in [-0.4, -0.2) is 35.1 Å². The summed E-state index contributed by atoms with van der Waals surface area (Å²) in [5.74, 6) is -1.30. The average Bonchev–Trinajstić information content (AvgIpc) is 2.46. The van der Waals surface area contributed by atoms with Crippen LogP contribution in [0, 0.1) is 5.82 Å². The fourth-order valence-corrected chi connectivity index (χ4v) is 2.20. The lowest BCUT2D eigenvalue weighted by Gasteiger charge is -2.22. The van der Waals surface area contributed by atoms with Gasteiger partial charge in [0, 0.05) is 29.5 Å². The zero-order valence-electron chi connectivity index (χ0n) is 12.0. The van der Waals surface area contributed by atoms with Crippen molar-refractivity contribution >= 4 is 27.9 Å². The summed E-state index contributed by atoms with van der Waals surface area (Å²) in [7, 11) is 0. The number of carbonyl (C=O) groups excluding carboxylic acids is 1. The Kier molecular flexibility index (Phi) is 7.59. The van der Waals surface area contributed by atoms with E-state index in [-0.39, 0.29) is 32.1 Å². The molecule has 1 aromatic carbocycles. The number of aliphatic carboxylic acids is 1. The molecule has 1 rings (SSSR count). The molecule has 0 fully saturated rings. The third-order valence-corrected chi connectivity index (χ3v) is 3.34. The minimum atomic E-state index is -0.909. The first-order valence-electron chi connectivity index (χ1n) is 6.73. The molecule has 0 unspecified atom stereocenters. The number of hydrogen-bond acceptors (Lipinski definition) is 2. The highest BCUT2D eigenvalue weighted by molar-refractivity contribution is 9.10. The Morgan fingerprint density at radius 3 is 2.82 bits per heavy atom. The van der Waals surface area contributed by atoms with E-state index < -0.39 is 11.8 Å². The van der Waals surface area contributed by atoms with Crippen LogP contribution >= 0.6 is 15.9 Å². The lowest BCUT2D eigenvalue weighted by atomic mass is 10.2. The molecule has 0 aliphatic heterocycles. The summed E-state index contributed by atoms with van der Waals surface area (Å²) in [6.07, 6.45) is 1.88. The van der Waals surface area contributed by atoms with Gasteiger partial charge in [-0.3, -0.25) is 4.79 Å². The second-order valence-electron chi connectivity index (χ2n) is 4.63. The van der Waals surface area contributed by atoms with E-state index >= 15 is 0 Å². The highest BCUT2D eigenvalue weighted by Crippen LogP contribution is 2.17. The summed E-state index contributed by atoms with van der Waals surface area (Å²) in [5.41, 5.74) is 0.386. The smallest absolute Gasteiger partial charge is 0.317 e. The summed E-state index contributed by atoms with van der Waals surface area (Å²) >= 11 is 3.27. The van der Waals surface area contributed by atoms with Crippen molar-refractivity contribution in [1.29, 1.82) is 0 Å². The summed E-state index contributed by atoms with van der Waals surface area (Å²) < 4.78 is 14.5. The van der Waals surface area contributed by atoms with Gasteiger partial charge in [0.05, 0.1) is 6.54 Å². The van der Waals surface area contributed by atoms with Crippen LogP contribution in [-0.2, 0) is 11.3 Å². The van der Waals surface area contributed by atoms with E-state index in [9.17, 15) is 14.0 Å². The molecule has 5 nitrogen and oxygen atoms in total. The lowest BCUT2D eigenvalue weighted by Crippen LogP contribution is -2.40. The van der Waals surface area contributed by atoms with E-state index in [4.69, 9.17) is 5.11 Å². The molecule has 0 bridgehead atoms. The standard InChI is InChI=1S/C15H18BrFN2O3/c1-2-8-19(15(22)18-7-3-4-14(20)21)10-11-9-12(16)5-6-13(11)17/h2,5-6,9H,1,3-4,7-8,10H2,(H,18,22)(H,20,21). The van der Waals surface area contributed by atoms with Gasteiger partial charge >= 0.3 is 12.0 Å². The number of carbonyl (C=O) groups is 2. The Bertz CT molecular complexity index is 552. The molecule has 1 aromatic rings. The summed E-state index contributed by atoms with van der Waals surface area (Å²) in [6.45, 7) is 4.19. The maximum absolute atomic E-state index is 13.8. The predicted molar refractivity (Wildman–Crippen MR) is 85.0 cm³/mol. The van der Waals surface area contributed by atoms with Crippen LogP contribution in [0.2, 0.25) is 0 Å². The van der Waals surface area contributed by atoms with Gasteiger partial charge in [-0.05, 0) is 24.6 Å². The van der Waals surface area contributed by atoms with Crippen LogP contribution in [0.5, 0.6) is 0 Å². The molecule has 120 valence electrons. The van der Waals surface area contributed by atoms with Crippen molar-refractivity contribution in [1.82, 2.24) is 10.2 Å². The first kappa shape index (κ1) is 18.2. The van der Waals surface area contributed by atoms with Crippen molar-refractivity contribution < 1.29 is 19.1 Å². The zero-order valence-corrected chi connectivity index (χ0v) is 13.6. The van der Waals surface area contributed by atoms with Crippen LogP contribution in [0.3, 0.4) is 0 Å². The fraction of sp³-hybridized carbons (Fsp3) is 0.333. The van der Waals surface area contributed by atoms with Gasteiger partial charge in [0.15, 0.2) is 0 Å². The molecular formula is C15H18BrFN2O3. The van der Waals surface area contributed by atoms with Crippen molar-refractivity contribution in [3.63, 3.8) is 0 Å². The number of urea groups is 1. The van der Waals surface area contributed by atoms with Crippen molar-refractivity contribution in [2.45, 2.75) is 19.4 Å². The Morgan fingerprint density at radius 2 is 2.18 bits per heavy atom. The lowest BCUT2D eigenvalue weighted by molar-refractivity contribution is -0.137. The molecule has 0 atom stereocenters. The molecule has 22 heavy (non-hydrogen) atoms. The number of halogens is 2. The molecular weight excluding hydrogens is 355 g/mol.